The molecule has 0 amide bonds. The zero-order valence-corrected chi connectivity index (χ0v) is 8.36. The quantitative estimate of drug-likeness (QED) is 0.664. The molecule has 3 aliphatic heterocycles. The number of fused-ring (bicyclic) bond motifs is 2. The first-order chi connectivity index (χ1) is 6.90. The van der Waals surface area contributed by atoms with Gasteiger partial charge in [-0.25, -0.2) is 0 Å². The van der Waals surface area contributed by atoms with Crippen molar-refractivity contribution in [3.05, 3.63) is 18.2 Å². The number of hydrogen-bond acceptors (Lipinski definition) is 3. The molecule has 0 spiro atoms. The Bertz CT molecular complexity index is 356. The van der Waals surface area contributed by atoms with Crippen LogP contribution in [0.25, 0.3) is 0 Å². The number of methoxy groups -OCH3 is 1. The minimum Gasteiger partial charge on any atom is -0.495 e. The Kier molecular flexibility index (Phi) is 1.60. The minimum atomic E-state index is 1.01. The van der Waals surface area contributed by atoms with Gasteiger partial charge in [0.25, 0.3) is 0 Å². The van der Waals surface area contributed by atoms with E-state index in [-0.39, 0.29) is 0 Å². The van der Waals surface area contributed by atoms with Gasteiger partial charge in [0.2, 0.25) is 0 Å². The molecule has 14 heavy (non-hydrogen) atoms. The van der Waals surface area contributed by atoms with Crippen molar-refractivity contribution in [2.75, 3.05) is 43.1 Å². The number of piperazine rings is 1. The molecule has 4 rings (SSSR count). The second kappa shape index (κ2) is 2.80. The lowest BCUT2D eigenvalue weighted by molar-refractivity contribution is 0.412. The van der Waals surface area contributed by atoms with Gasteiger partial charge in [-0.15, -0.1) is 0 Å². The molecule has 0 radical (unpaired) electrons. The highest BCUT2D eigenvalue weighted by atomic mass is 16.5. The van der Waals surface area contributed by atoms with E-state index >= 15 is 0 Å². The van der Waals surface area contributed by atoms with Crippen molar-refractivity contribution >= 4 is 11.4 Å². The van der Waals surface area contributed by atoms with Crippen molar-refractivity contribution in [1.29, 1.82) is 0 Å². The molecule has 1 aromatic carbocycles. The van der Waals surface area contributed by atoms with Gasteiger partial charge in [0.05, 0.1) is 12.8 Å². The van der Waals surface area contributed by atoms with E-state index in [1.54, 1.807) is 7.11 Å². The maximum Gasteiger partial charge on any atom is 0.144 e. The topological polar surface area (TPSA) is 15.7 Å². The number of rotatable bonds is 1. The molecule has 3 aliphatic rings. The molecule has 3 heteroatoms. The van der Waals surface area contributed by atoms with Gasteiger partial charge in [-0.2, -0.15) is 0 Å². The lowest BCUT2D eigenvalue weighted by atomic mass is 10.1. The van der Waals surface area contributed by atoms with Gasteiger partial charge in [0.15, 0.2) is 0 Å². The van der Waals surface area contributed by atoms with Crippen LogP contribution in [0.1, 0.15) is 0 Å². The molecule has 1 fully saturated rings. The van der Waals surface area contributed by atoms with Gasteiger partial charge in [0.1, 0.15) is 11.4 Å². The molecule has 74 valence electrons. The molecular formula is C11H14N2O. The number of anilines is 2. The van der Waals surface area contributed by atoms with Gasteiger partial charge < -0.3 is 14.5 Å². The van der Waals surface area contributed by atoms with E-state index in [0.717, 1.165) is 31.9 Å². The molecule has 3 nitrogen and oxygen atoms in total. The molecule has 0 saturated carbocycles. The molecular weight excluding hydrogens is 176 g/mol. The van der Waals surface area contributed by atoms with E-state index in [9.17, 15) is 0 Å². The smallest absolute Gasteiger partial charge is 0.144 e. The fourth-order valence-electron chi connectivity index (χ4n) is 2.42. The number of hydrogen-bond donors (Lipinski definition) is 0. The first-order valence-electron chi connectivity index (χ1n) is 5.07. The number of nitrogens with zero attached hydrogens (tertiary/aromatic N) is 2. The summed E-state index contributed by atoms with van der Waals surface area (Å²) in [6.07, 6.45) is 0. The van der Waals surface area contributed by atoms with Crippen LogP contribution in [0.5, 0.6) is 5.75 Å². The molecule has 1 aromatic rings. The third kappa shape index (κ3) is 0.924. The van der Waals surface area contributed by atoms with E-state index in [1.807, 2.05) is 6.07 Å². The van der Waals surface area contributed by atoms with Gasteiger partial charge in [0, 0.05) is 26.2 Å². The summed E-state index contributed by atoms with van der Waals surface area (Å²) < 4.78 is 5.40. The number of ether oxygens (including phenoxy) is 1. The van der Waals surface area contributed by atoms with Crippen LogP contribution in [-0.4, -0.2) is 33.3 Å². The zero-order chi connectivity index (χ0) is 9.54. The van der Waals surface area contributed by atoms with Gasteiger partial charge in [-0.3, -0.25) is 0 Å². The van der Waals surface area contributed by atoms with Gasteiger partial charge >= 0.3 is 0 Å². The normalized spacial score (nSPS) is 18.4. The minimum absolute atomic E-state index is 1.01. The molecule has 0 unspecified atom stereocenters. The molecule has 0 aliphatic carbocycles. The summed E-state index contributed by atoms with van der Waals surface area (Å²) in [5.41, 5.74) is 2.62. The molecule has 0 aromatic heterocycles. The van der Waals surface area contributed by atoms with Crippen LogP contribution in [0.4, 0.5) is 11.4 Å². The van der Waals surface area contributed by atoms with Crippen molar-refractivity contribution in [3.63, 3.8) is 0 Å². The average molecular weight is 190 g/mol. The predicted octanol–water partition coefficient (Wildman–Crippen LogP) is 1.34. The first-order valence-corrected chi connectivity index (χ1v) is 5.07. The molecule has 1 saturated heterocycles. The summed E-state index contributed by atoms with van der Waals surface area (Å²) in [6, 6.07) is 6.29. The third-order valence-corrected chi connectivity index (χ3v) is 3.13. The zero-order valence-electron chi connectivity index (χ0n) is 8.36. The fourth-order valence-corrected chi connectivity index (χ4v) is 2.42. The van der Waals surface area contributed by atoms with Crippen LogP contribution < -0.4 is 14.5 Å². The lowest BCUT2D eigenvalue weighted by Crippen LogP contribution is -2.51. The second-order valence-electron chi connectivity index (χ2n) is 3.80. The van der Waals surface area contributed by atoms with Gasteiger partial charge in [-0.1, -0.05) is 6.07 Å². The average Bonchev–Trinajstić information content (AvgIpc) is 2.30. The summed E-state index contributed by atoms with van der Waals surface area (Å²) in [4.78, 5) is 4.87. The number of benzene rings is 1. The Balaban J connectivity index is 2.18. The molecule has 0 N–H and O–H groups in total. The Hall–Kier alpha value is -1.38. The maximum absolute atomic E-state index is 5.40. The highest BCUT2D eigenvalue weighted by Crippen LogP contribution is 2.42. The Morgan fingerprint density at radius 2 is 1.79 bits per heavy atom. The van der Waals surface area contributed by atoms with Crippen LogP contribution in [0.3, 0.4) is 0 Å². The third-order valence-electron chi connectivity index (χ3n) is 3.13. The Morgan fingerprint density at radius 3 is 2.50 bits per heavy atom. The van der Waals surface area contributed by atoms with Crippen LogP contribution in [0, 0.1) is 0 Å². The largest absolute Gasteiger partial charge is 0.495 e. The fraction of sp³-hybridized carbons (Fsp3) is 0.455. The SMILES string of the molecule is COc1cccc2c1N1CCN2CC1. The van der Waals surface area contributed by atoms with E-state index in [0.29, 0.717) is 0 Å². The summed E-state index contributed by atoms with van der Waals surface area (Å²) >= 11 is 0. The van der Waals surface area contributed by atoms with Crippen molar-refractivity contribution in [1.82, 2.24) is 0 Å². The summed E-state index contributed by atoms with van der Waals surface area (Å²) in [7, 11) is 1.74. The lowest BCUT2D eigenvalue weighted by Gasteiger charge is -2.45. The van der Waals surface area contributed by atoms with E-state index in [2.05, 4.69) is 21.9 Å². The summed E-state index contributed by atoms with van der Waals surface area (Å²) in [5, 5.41) is 0. The van der Waals surface area contributed by atoms with Crippen molar-refractivity contribution in [3.8, 4) is 5.75 Å². The standard InChI is InChI=1S/C11H14N2O/c1-14-10-4-2-3-9-11(10)13-7-5-12(9)6-8-13/h2-4H,5-8H2,1H3. The van der Waals surface area contributed by atoms with Crippen LogP contribution in [0.2, 0.25) is 0 Å². The van der Waals surface area contributed by atoms with E-state index in [1.165, 1.54) is 11.4 Å². The second-order valence-corrected chi connectivity index (χ2v) is 3.80. The van der Waals surface area contributed by atoms with Crippen LogP contribution >= 0.6 is 0 Å². The first kappa shape index (κ1) is 7.97. The van der Waals surface area contributed by atoms with Crippen LogP contribution in [-0.2, 0) is 0 Å². The highest BCUT2D eigenvalue weighted by molar-refractivity contribution is 5.81. The van der Waals surface area contributed by atoms with Gasteiger partial charge in [-0.05, 0) is 12.1 Å². The van der Waals surface area contributed by atoms with Crippen molar-refractivity contribution < 1.29 is 4.74 Å². The predicted molar refractivity (Wildman–Crippen MR) is 57.4 cm³/mol. The number of para-hydroxylation sites is 1. The van der Waals surface area contributed by atoms with Crippen molar-refractivity contribution in [2.45, 2.75) is 0 Å². The Morgan fingerprint density at radius 1 is 1.07 bits per heavy atom. The van der Waals surface area contributed by atoms with Crippen molar-refractivity contribution in [2.24, 2.45) is 0 Å². The maximum atomic E-state index is 5.40. The highest BCUT2D eigenvalue weighted by Gasteiger charge is 2.30. The Labute approximate surface area is 83.9 Å². The molecule has 0 atom stereocenters. The van der Waals surface area contributed by atoms with Crippen LogP contribution in [0.15, 0.2) is 18.2 Å². The summed E-state index contributed by atoms with van der Waals surface area (Å²) in [6.45, 7) is 4.57. The summed E-state index contributed by atoms with van der Waals surface area (Å²) in [5.74, 6) is 1.01. The van der Waals surface area contributed by atoms with E-state index in [4.69, 9.17) is 4.74 Å². The monoisotopic (exact) mass is 190 g/mol. The van der Waals surface area contributed by atoms with E-state index < -0.39 is 0 Å². The molecule has 3 heterocycles. The molecule has 2 bridgehead atoms.